The van der Waals surface area contributed by atoms with Gasteiger partial charge in [-0.05, 0) is 25.2 Å². The molecule has 9 heteroatoms. The summed E-state index contributed by atoms with van der Waals surface area (Å²) in [6, 6.07) is -0.785. The summed E-state index contributed by atoms with van der Waals surface area (Å²) in [5, 5.41) is 14.1. The molecule has 1 saturated carbocycles. The van der Waals surface area contributed by atoms with Crippen LogP contribution in [0.25, 0.3) is 0 Å². The molecule has 29 heavy (non-hydrogen) atoms. The van der Waals surface area contributed by atoms with Crippen molar-refractivity contribution in [3.05, 3.63) is 5.89 Å². The molecule has 0 aliphatic heterocycles. The first kappa shape index (κ1) is 23.4. The number of thioether (sulfide) groups is 1. The van der Waals surface area contributed by atoms with Crippen molar-refractivity contribution >= 4 is 29.4 Å². The molecule has 2 N–H and O–H groups in total. The number of hydrogen-bond acceptors (Lipinski definition) is 7. The van der Waals surface area contributed by atoms with Crippen molar-refractivity contribution in [2.24, 2.45) is 5.92 Å². The normalized spacial score (nSPS) is 17.2. The summed E-state index contributed by atoms with van der Waals surface area (Å²) < 4.78 is 5.51. The molecule has 1 atom stereocenters. The average Bonchev–Trinajstić information content (AvgIpc) is 3.08. The van der Waals surface area contributed by atoms with Crippen molar-refractivity contribution in [1.82, 2.24) is 20.8 Å². The molecule has 0 aromatic carbocycles. The van der Waals surface area contributed by atoms with Crippen LogP contribution >= 0.6 is 11.8 Å². The van der Waals surface area contributed by atoms with E-state index in [1.54, 1.807) is 0 Å². The summed E-state index contributed by atoms with van der Waals surface area (Å²) in [4.78, 5) is 37.9. The number of nitrogens with one attached hydrogen (secondary N) is 2. The maximum atomic E-state index is 13.2. The van der Waals surface area contributed by atoms with Crippen LogP contribution in [0.3, 0.4) is 0 Å². The molecular weight excluding hydrogens is 392 g/mol. The van der Waals surface area contributed by atoms with Gasteiger partial charge in [0.05, 0.1) is 6.04 Å². The van der Waals surface area contributed by atoms with E-state index >= 15 is 0 Å². The van der Waals surface area contributed by atoms with Gasteiger partial charge < -0.3 is 15.1 Å². The van der Waals surface area contributed by atoms with Crippen LogP contribution in [0.1, 0.15) is 83.8 Å². The van der Waals surface area contributed by atoms with Gasteiger partial charge in [-0.2, -0.15) is 0 Å². The Kier molecular flexibility index (Phi) is 8.24. The first-order valence-corrected chi connectivity index (χ1v) is 11.1. The lowest BCUT2D eigenvalue weighted by molar-refractivity contribution is -0.134. The zero-order valence-corrected chi connectivity index (χ0v) is 18.7. The number of amides is 2. The Morgan fingerprint density at radius 3 is 2.31 bits per heavy atom. The maximum absolute atomic E-state index is 13.2. The summed E-state index contributed by atoms with van der Waals surface area (Å²) in [5.74, 6) is -0.899. The Hall–Kier alpha value is -1.90. The van der Waals surface area contributed by atoms with E-state index < -0.39 is 17.4 Å². The number of rotatable bonds is 9. The average molecular weight is 425 g/mol. The minimum absolute atomic E-state index is 0.101. The molecule has 1 heterocycles. The third-order valence-electron chi connectivity index (χ3n) is 4.84. The Morgan fingerprint density at radius 2 is 1.76 bits per heavy atom. The lowest BCUT2D eigenvalue weighted by Crippen LogP contribution is -2.61. The van der Waals surface area contributed by atoms with Crippen molar-refractivity contribution in [2.75, 3.05) is 0 Å². The SMILES string of the molecule is CC(=O)NC1(C(=O)N[C@@H](CC(C)C)C(=O)c2nnc(SC(C)C)o2)CCCCC1. The van der Waals surface area contributed by atoms with Gasteiger partial charge >= 0.3 is 0 Å². The molecule has 1 aromatic rings. The van der Waals surface area contributed by atoms with Crippen molar-refractivity contribution in [1.29, 1.82) is 0 Å². The fourth-order valence-electron chi connectivity index (χ4n) is 3.61. The number of Topliss-reactive ketones (excluding diaryl/α,β-unsaturated/α-hetero) is 1. The van der Waals surface area contributed by atoms with Crippen LogP contribution in [0.5, 0.6) is 0 Å². The third-order valence-corrected chi connectivity index (χ3v) is 5.68. The second-order valence-electron chi connectivity index (χ2n) is 8.38. The van der Waals surface area contributed by atoms with Gasteiger partial charge in [-0.1, -0.05) is 58.7 Å². The van der Waals surface area contributed by atoms with E-state index in [1.165, 1.54) is 18.7 Å². The highest BCUT2D eigenvalue weighted by molar-refractivity contribution is 7.99. The zero-order valence-electron chi connectivity index (χ0n) is 17.9. The highest BCUT2D eigenvalue weighted by Gasteiger charge is 2.42. The van der Waals surface area contributed by atoms with Gasteiger partial charge in [0.15, 0.2) is 0 Å². The summed E-state index contributed by atoms with van der Waals surface area (Å²) >= 11 is 1.38. The standard InChI is InChI=1S/C20H32N4O4S/c1-12(2)11-15(16(26)17-23-24-19(28-17)29-13(3)4)21-18(27)20(22-14(5)25)9-7-6-8-10-20/h12-13,15H,6-11H2,1-5H3,(H,21,27)(H,22,25)/t15-/m0/s1. The van der Waals surface area contributed by atoms with Gasteiger partial charge in [0, 0.05) is 12.2 Å². The summed E-state index contributed by atoms with van der Waals surface area (Å²) in [6.07, 6.45) is 4.32. The molecule has 0 radical (unpaired) electrons. The molecule has 0 unspecified atom stereocenters. The van der Waals surface area contributed by atoms with E-state index in [4.69, 9.17) is 4.42 Å². The predicted molar refractivity (Wildman–Crippen MR) is 111 cm³/mol. The molecule has 2 amide bonds. The lowest BCUT2D eigenvalue weighted by Gasteiger charge is -2.37. The van der Waals surface area contributed by atoms with E-state index in [0.717, 1.165) is 19.3 Å². The maximum Gasteiger partial charge on any atom is 0.286 e. The monoisotopic (exact) mass is 424 g/mol. The molecule has 1 aliphatic rings. The molecule has 0 saturated heterocycles. The minimum atomic E-state index is -0.965. The molecule has 1 aliphatic carbocycles. The van der Waals surface area contributed by atoms with E-state index in [1.807, 2.05) is 27.7 Å². The number of aromatic nitrogens is 2. The van der Waals surface area contributed by atoms with Crippen LogP contribution in [0, 0.1) is 5.92 Å². The summed E-state index contributed by atoms with van der Waals surface area (Å²) in [5.41, 5.74) is -0.965. The van der Waals surface area contributed by atoms with Crippen LogP contribution in [0.15, 0.2) is 9.64 Å². The Morgan fingerprint density at radius 1 is 1.10 bits per heavy atom. The van der Waals surface area contributed by atoms with Crippen LogP contribution in [-0.2, 0) is 9.59 Å². The highest BCUT2D eigenvalue weighted by Crippen LogP contribution is 2.29. The quantitative estimate of drug-likeness (QED) is 0.462. The topological polar surface area (TPSA) is 114 Å². The lowest BCUT2D eigenvalue weighted by atomic mass is 9.80. The number of nitrogens with zero attached hydrogens (tertiary/aromatic N) is 2. The number of hydrogen-bond donors (Lipinski definition) is 2. The van der Waals surface area contributed by atoms with Gasteiger partial charge in [-0.15, -0.1) is 10.2 Å². The fourth-order valence-corrected chi connectivity index (χ4v) is 4.23. The van der Waals surface area contributed by atoms with Gasteiger partial charge in [0.1, 0.15) is 5.54 Å². The Bertz CT molecular complexity index is 726. The van der Waals surface area contributed by atoms with E-state index in [0.29, 0.717) is 24.5 Å². The van der Waals surface area contributed by atoms with E-state index in [-0.39, 0.29) is 28.9 Å². The van der Waals surface area contributed by atoms with Crippen LogP contribution in [0.2, 0.25) is 0 Å². The molecule has 1 aromatic heterocycles. The fraction of sp³-hybridized carbons (Fsp3) is 0.750. The van der Waals surface area contributed by atoms with Crippen LogP contribution < -0.4 is 10.6 Å². The van der Waals surface area contributed by atoms with Crippen molar-refractivity contribution < 1.29 is 18.8 Å². The third kappa shape index (κ3) is 6.55. The van der Waals surface area contributed by atoms with Gasteiger partial charge in [0.2, 0.25) is 17.6 Å². The molecule has 0 bridgehead atoms. The van der Waals surface area contributed by atoms with Crippen LogP contribution in [-0.4, -0.2) is 44.6 Å². The molecule has 2 rings (SSSR count). The van der Waals surface area contributed by atoms with E-state index in [9.17, 15) is 14.4 Å². The van der Waals surface area contributed by atoms with Crippen molar-refractivity contribution in [3.63, 3.8) is 0 Å². The summed E-state index contributed by atoms with van der Waals surface area (Å²) in [7, 11) is 0. The number of ketones is 1. The minimum Gasteiger partial charge on any atom is -0.408 e. The Balaban J connectivity index is 2.20. The molecule has 162 valence electrons. The van der Waals surface area contributed by atoms with Gasteiger partial charge in [0.25, 0.3) is 11.1 Å². The smallest absolute Gasteiger partial charge is 0.286 e. The zero-order chi connectivity index (χ0) is 21.6. The second-order valence-corrected chi connectivity index (χ2v) is 9.91. The number of carbonyl (C=O) groups excluding carboxylic acids is 3. The molecule has 8 nitrogen and oxygen atoms in total. The molecular formula is C20H32N4O4S. The Labute approximate surface area is 176 Å². The van der Waals surface area contributed by atoms with Gasteiger partial charge in [-0.25, -0.2) is 0 Å². The van der Waals surface area contributed by atoms with Gasteiger partial charge in [-0.3, -0.25) is 14.4 Å². The predicted octanol–water partition coefficient (Wildman–Crippen LogP) is 3.12. The first-order valence-electron chi connectivity index (χ1n) is 10.3. The molecule has 1 fully saturated rings. The van der Waals surface area contributed by atoms with Crippen molar-refractivity contribution in [3.8, 4) is 0 Å². The van der Waals surface area contributed by atoms with E-state index in [2.05, 4.69) is 20.8 Å². The van der Waals surface area contributed by atoms with Crippen LogP contribution in [0.4, 0.5) is 0 Å². The summed E-state index contributed by atoms with van der Waals surface area (Å²) in [6.45, 7) is 9.34. The molecule has 0 spiro atoms. The first-order chi connectivity index (χ1) is 13.6. The van der Waals surface area contributed by atoms with Crippen molar-refractivity contribution in [2.45, 2.75) is 95.2 Å². The highest BCUT2D eigenvalue weighted by atomic mass is 32.2. The second kappa shape index (κ2) is 10.2. The largest absolute Gasteiger partial charge is 0.408 e. The number of carbonyl (C=O) groups is 3.